The molecule has 0 radical (unpaired) electrons. The van der Waals surface area contributed by atoms with E-state index in [9.17, 15) is 0 Å². The quantitative estimate of drug-likeness (QED) is 0.683. The summed E-state index contributed by atoms with van der Waals surface area (Å²) in [6.07, 6.45) is 0.260. The molecule has 0 spiro atoms. The highest BCUT2D eigenvalue weighted by Gasteiger charge is 2.17. The Balaban J connectivity index is 1.67. The van der Waals surface area contributed by atoms with Crippen LogP contribution >= 0.6 is 0 Å². The van der Waals surface area contributed by atoms with Crippen molar-refractivity contribution in [2.45, 2.75) is 12.6 Å². The van der Waals surface area contributed by atoms with Gasteiger partial charge in [-0.3, -0.25) is 0 Å². The molecule has 16 heavy (non-hydrogen) atoms. The van der Waals surface area contributed by atoms with E-state index < -0.39 is 0 Å². The summed E-state index contributed by atoms with van der Waals surface area (Å²) in [5.41, 5.74) is 0. The molecule has 0 amide bonds. The molecule has 1 fully saturated rings. The van der Waals surface area contributed by atoms with E-state index in [1.54, 1.807) is 7.05 Å². The van der Waals surface area contributed by atoms with E-state index in [-0.39, 0.29) is 6.10 Å². The molecule has 0 saturated carbocycles. The first kappa shape index (κ1) is 11.4. The predicted octanol–water partition coefficient (Wildman–Crippen LogP) is -1.37. The number of likely N-dealkylation sites (N-methyl/N-ethyl adjacent to an activating group) is 1. The summed E-state index contributed by atoms with van der Waals surface area (Å²) >= 11 is 0. The molecule has 2 heterocycles. The standard InChI is InChI=1S/C9H18N6O/c1-14-3-4-16-8(7-14)5-10-6-9-11-13-15(2)12-9/h8,10H,3-7H2,1-2H3. The highest BCUT2D eigenvalue weighted by Crippen LogP contribution is 2.01. The summed E-state index contributed by atoms with van der Waals surface area (Å²) in [6, 6.07) is 0. The first-order valence-electron chi connectivity index (χ1n) is 5.48. The van der Waals surface area contributed by atoms with Crippen molar-refractivity contribution in [3.05, 3.63) is 5.82 Å². The lowest BCUT2D eigenvalue weighted by Gasteiger charge is -2.30. The van der Waals surface area contributed by atoms with E-state index in [0.717, 1.165) is 26.2 Å². The van der Waals surface area contributed by atoms with Crippen molar-refractivity contribution in [1.82, 2.24) is 30.4 Å². The van der Waals surface area contributed by atoms with Crippen LogP contribution in [0.3, 0.4) is 0 Å². The number of ether oxygens (including phenoxy) is 1. The smallest absolute Gasteiger partial charge is 0.188 e. The first-order valence-corrected chi connectivity index (χ1v) is 5.48. The number of rotatable bonds is 4. The topological polar surface area (TPSA) is 68.1 Å². The molecule has 1 atom stereocenters. The van der Waals surface area contributed by atoms with Gasteiger partial charge in [0.05, 0.1) is 26.3 Å². The summed E-state index contributed by atoms with van der Waals surface area (Å²) < 4.78 is 5.63. The summed E-state index contributed by atoms with van der Waals surface area (Å²) in [4.78, 5) is 3.73. The number of nitrogens with one attached hydrogen (secondary N) is 1. The Labute approximate surface area is 94.8 Å². The molecule has 7 nitrogen and oxygen atoms in total. The highest BCUT2D eigenvalue weighted by molar-refractivity contribution is 4.77. The molecule has 0 aromatic carbocycles. The maximum Gasteiger partial charge on any atom is 0.188 e. The van der Waals surface area contributed by atoms with Gasteiger partial charge in [0, 0.05) is 19.6 Å². The molecule has 90 valence electrons. The van der Waals surface area contributed by atoms with E-state index in [2.05, 4.69) is 32.7 Å². The summed E-state index contributed by atoms with van der Waals surface area (Å²) in [5.74, 6) is 0.715. The van der Waals surface area contributed by atoms with E-state index in [1.165, 1.54) is 4.80 Å². The lowest BCUT2D eigenvalue weighted by Crippen LogP contribution is -2.44. The SMILES string of the molecule is CN1CCOC(CNCc2nnn(C)n2)C1. The Hall–Kier alpha value is -1.05. The lowest BCUT2D eigenvalue weighted by atomic mass is 10.3. The fourth-order valence-electron chi connectivity index (χ4n) is 1.73. The first-order chi connectivity index (χ1) is 7.74. The zero-order valence-electron chi connectivity index (χ0n) is 9.76. The van der Waals surface area contributed by atoms with Crippen LogP contribution in [0.4, 0.5) is 0 Å². The summed E-state index contributed by atoms with van der Waals surface area (Å²) in [7, 11) is 3.87. The van der Waals surface area contributed by atoms with Crippen LogP contribution in [0.25, 0.3) is 0 Å². The van der Waals surface area contributed by atoms with Gasteiger partial charge in [0.15, 0.2) is 5.82 Å². The molecular weight excluding hydrogens is 208 g/mol. The zero-order chi connectivity index (χ0) is 11.4. The number of hydrogen-bond acceptors (Lipinski definition) is 6. The summed E-state index contributed by atoms with van der Waals surface area (Å²) in [6.45, 7) is 4.26. The molecular formula is C9H18N6O. The Kier molecular flexibility index (Phi) is 3.81. The van der Waals surface area contributed by atoms with Gasteiger partial charge >= 0.3 is 0 Å². The largest absolute Gasteiger partial charge is 0.374 e. The van der Waals surface area contributed by atoms with Gasteiger partial charge in [0.2, 0.25) is 0 Å². The zero-order valence-corrected chi connectivity index (χ0v) is 9.76. The monoisotopic (exact) mass is 226 g/mol. The molecule has 1 aromatic rings. The van der Waals surface area contributed by atoms with Crippen molar-refractivity contribution >= 4 is 0 Å². The average molecular weight is 226 g/mol. The maximum atomic E-state index is 5.63. The van der Waals surface area contributed by atoms with Gasteiger partial charge in [-0.2, -0.15) is 4.80 Å². The molecule has 1 unspecified atom stereocenters. The van der Waals surface area contributed by atoms with Crippen molar-refractivity contribution in [3.63, 3.8) is 0 Å². The number of morpholine rings is 1. The Morgan fingerprint density at radius 3 is 3.06 bits per heavy atom. The summed E-state index contributed by atoms with van der Waals surface area (Å²) in [5, 5.41) is 15.0. The van der Waals surface area contributed by atoms with E-state index in [4.69, 9.17) is 4.74 Å². The van der Waals surface area contributed by atoms with Crippen LogP contribution in [0.5, 0.6) is 0 Å². The number of nitrogens with zero attached hydrogens (tertiary/aromatic N) is 5. The minimum atomic E-state index is 0.260. The predicted molar refractivity (Wildman–Crippen MR) is 57.7 cm³/mol. The average Bonchev–Trinajstić information content (AvgIpc) is 2.64. The molecule has 7 heteroatoms. The molecule has 0 bridgehead atoms. The minimum Gasteiger partial charge on any atom is -0.374 e. The van der Waals surface area contributed by atoms with Gasteiger partial charge in [0.1, 0.15) is 0 Å². The van der Waals surface area contributed by atoms with Gasteiger partial charge in [-0.15, -0.1) is 10.2 Å². The van der Waals surface area contributed by atoms with Gasteiger partial charge in [-0.25, -0.2) is 0 Å². The minimum absolute atomic E-state index is 0.260. The molecule has 0 aliphatic carbocycles. The third kappa shape index (κ3) is 3.22. The number of tetrazole rings is 1. The Morgan fingerprint density at radius 2 is 2.38 bits per heavy atom. The van der Waals surface area contributed by atoms with Crippen LogP contribution in [0.2, 0.25) is 0 Å². The highest BCUT2D eigenvalue weighted by atomic mass is 16.5. The molecule has 2 rings (SSSR count). The molecule has 1 aliphatic heterocycles. The lowest BCUT2D eigenvalue weighted by molar-refractivity contribution is -0.0182. The van der Waals surface area contributed by atoms with Crippen molar-refractivity contribution in [1.29, 1.82) is 0 Å². The molecule has 1 N–H and O–H groups in total. The number of aryl methyl sites for hydroxylation is 1. The van der Waals surface area contributed by atoms with Gasteiger partial charge in [-0.05, 0) is 12.3 Å². The second kappa shape index (κ2) is 5.33. The second-order valence-corrected chi connectivity index (χ2v) is 4.08. The Bertz CT molecular complexity index is 328. The maximum absolute atomic E-state index is 5.63. The van der Waals surface area contributed by atoms with E-state index >= 15 is 0 Å². The van der Waals surface area contributed by atoms with Crippen molar-refractivity contribution in [3.8, 4) is 0 Å². The van der Waals surface area contributed by atoms with Crippen molar-refractivity contribution in [2.24, 2.45) is 7.05 Å². The van der Waals surface area contributed by atoms with Crippen LogP contribution in [0, 0.1) is 0 Å². The molecule has 1 aromatic heterocycles. The van der Waals surface area contributed by atoms with Crippen LogP contribution in [0.1, 0.15) is 5.82 Å². The number of aromatic nitrogens is 4. The van der Waals surface area contributed by atoms with E-state index in [0.29, 0.717) is 12.4 Å². The number of hydrogen-bond donors (Lipinski definition) is 1. The third-order valence-electron chi connectivity index (χ3n) is 2.55. The third-order valence-corrected chi connectivity index (χ3v) is 2.55. The van der Waals surface area contributed by atoms with Crippen LogP contribution < -0.4 is 5.32 Å². The Morgan fingerprint density at radius 1 is 1.50 bits per heavy atom. The van der Waals surface area contributed by atoms with Gasteiger partial charge in [-0.1, -0.05) is 0 Å². The van der Waals surface area contributed by atoms with E-state index in [1.807, 2.05) is 0 Å². The molecule has 1 aliphatic rings. The fraction of sp³-hybridized carbons (Fsp3) is 0.889. The normalized spacial score (nSPS) is 22.5. The molecule has 1 saturated heterocycles. The van der Waals surface area contributed by atoms with Crippen molar-refractivity contribution in [2.75, 3.05) is 33.3 Å². The van der Waals surface area contributed by atoms with Gasteiger partial charge in [0.25, 0.3) is 0 Å². The van der Waals surface area contributed by atoms with Crippen molar-refractivity contribution < 1.29 is 4.74 Å². The fourth-order valence-corrected chi connectivity index (χ4v) is 1.73. The van der Waals surface area contributed by atoms with Crippen LogP contribution in [0.15, 0.2) is 0 Å². The van der Waals surface area contributed by atoms with Gasteiger partial charge < -0.3 is 15.0 Å². The van der Waals surface area contributed by atoms with Crippen LogP contribution in [-0.2, 0) is 18.3 Å². The van der Waals surface area contributed by atoms with Crippen LogP contribution in [-0.4, -0.2) is 64.5 Å². The second-order valence-electron chi connectivity index (χ2n) is 4.08.